The van der Waals surface area contributed by atoms with E-state index in [0.717, 1.165) is 0 Å². The van der Waals surface area contributed by atoms with Crippen LogP contribution in [-0.2, 0) is 15.1 Å². The van der Waals surface area contributed by atoms with Crippen LogP contribution in [0.3, 0.4) is 0 Å². The van der Waals surface area contributed by atoms with E-state index in [1.165, 1.54) is 17.0 Å². The van der Waals surface area contributed by atoms with E-state index in [0.29, 0.717) is 0 Å². The second-order valence-corrected chi connectivity index (χ2v) is 11.0. The van der Waals surface area contributed by atoms with E-state index in [9.17, 15) is 0 Å². The van der Waals surface area contributed by atoms with E-state index >= 15 is 0 Å². The molecule has 21 heavy (non-hydrogen) atoms. The Labute approximate surface area is 146 Å². The summed E-state index contributed by atoms with van der Waals surface area (Å²) in [7, 11) is 4.15. The Morgan fingerprint density at radius 2 is 0.714 bits per heavy atom. The van der Waals surface area contributed by atoms with Gasteiger partial charge < -0.3 is 0 Å². The molecule has 0 saturated heterocycles. The van der Waals surface area contributed by atoms with Crippen molar-refractivity contribution in [2.75, 3.05) is 0 Å². The van der Waals surface area contributed by atoms with Crippen LogP contribution in [0.15, 0.2) is 0 Å². The zero-order valence-electron chi connectivity index (χ0n) is 13.5. The van der Waals surface area contributed by atoms with Gasteiger partial charge in [0.1, 0.15) is 0 Å². The Bertz CT molecular complexity index is 213. The maximum atomic E-state index is 4.20. The molecule has 0 bridgehead atoms. The first-order valence-corrected chi connectivity index (χ1v) is 12.5. The van der Waals surface area contributed by atoms with Gasteiger partial charge in [-0.05, 0) is 77.0 Å². The molecule has 0 nitrogen and oxygen atoms in total. The molecule has 0 aromatic rings. The molecule has 128 valence electrons. The molecule has 3 fully saturated rings. The van der Waals surface area contributed by atoms with Crippen molar-refractivity contribution < 1.29 is 15.1 Å². The van der Waals surface area contributed by atoms with Crippen molar-refractivity contribution in [1.29, 1.82) is 0 Å². The molecule has 3 saturated carbocycles. The van der Waals surface area contributed by atoms with Crippen molar-refractivity contribution in [2.45, 2.75) is 113 Å². The first-order chi connectivity index (χ1) is 10.4. The van der Waals surface area contributed by atoms with Gasteiger partial charge in [0.2, 0.25) is 0 Å². The predicted molar refractivity (Wildman–Crippen MR) is 94.8 cm³/mol. The van der Waals surface area contributed by atoms with E-state index < -0.39 is 0 Å². The molecular weight excluding hydrogens is 346 g/mol. The van der Waals surface area contributed by atoms with Gasteiger partial charge in [-0.25, -0.2) is 0 Å². The average molecular weight is 380 g/mol. The van der Waals surface area contributed by atoms with Gasteiger partial charge in [-0.3, -0.25) is 0 Å². The van der Waals surface area contributed by atoms with Crippen LogP contribution in [0.4, 0.5) is 0 Å². The molecule has 0 aliphatic heterocycles. The number of hydrogen-bond donors (Lipinski definition) is 0. The summed E-state index contributed by atoms with van der Waals surface area (Å²) in [6.07, 6.45) is 23.8. The Balaban J connectivity index is 0.000000774. The summed E-state index contributed by atoms with van der Waals surface area (Å²) in [5.41, 5.74) is 3.68. The molecule has 0 atom stereocenters. The number of hydrogen-bond acceptors (Lipinski definition) is 0. The molecule has 0 unspecified atom stereocenters. The molecule has 3 aliphatic carbocycles. The van der Waals surface area contributed by atoms with Crippen molar-refractivity contribution in [1.82, 2.24) is 0 Å². The number of rotatable bonds is 3. The molecule has 3 aliphatic rings. The Morgan fingerprint density at radius 3 is 0.952 bits per heavy atom. The summed E-state index contributed by atoms with van der Waals surface area (Å²) in [5, 5.41) is 0. The third-order valence-electron chi connectivity index (χ3n) is 6.23. The summed E-state index contributed by atoms with van der Waals surface area (Å²) >= 11 is 3.66. The molecule has 0 heterocycles. The first kappa shape index (κ1) is 18.6. The van der Waals surface area contributed by atoms with Gasteiger partial charge in [0.05, 0.1) is 17.0 Å². The van der Waals surface area contributed by atoms with E-state index in [1.807, 2.05) is 0 Å². The van der Waals surface area contributed by atoms with E-state index in [1.54, 1.807) is 96.3 Å². The second-order valence-electron chi connectivity index (χ2n) is 7.50. The molecule has 0 radical (unpaired) electrons. The fourth-order valence-corrected chi connectivity index (χ4v) is 10.5. The Hall–Kier alpha value is 1.24. The van der Waals surface area contributed by atoms with E-state index in [-0.39, 0.29) is 7.92 Å². The van der Waals surface area contributed by atoms with E-state index in [2.05, 4.69) is 25.2 Å². The van der Waals surface area contributed by atoms with Crippen LogP contribution < -0.4 is 0 Å². The van der Waals surface area contributed by atoms with Crippen molar-refractivity contribution >= 4 is 18.0 Å². The van der Waals surface area contributed by atoms with Crippen LogP contribution in [0.2, 0.25) is 0 Å². The minimum absolute atomic E-state index is 0.0465. The van der Waals surface area contributed by atoms with Crippen molar-refractivity contribution in [2.24, 2.45) is 0 Å². The standard InChI is InChI=1S/C18H33P.ClH.Cu/c1-4-10-16(11-5-1)19(17-12-6-2-7-13-17)18-14-8-3-9-15-18;;/h16-18H,1-15H2;1H;/q;;+1. The zero-order valence-corrected chi connectivity index (χ0v) is 16.2. The second kappa shape index (κ2) is 10.9. The van der Waals surface area contributed by atoms with Crippen LogP contribution in [0.5, 0.6) is 0 Å². The van der Waals surface area contributed by atoms with E-state index in [4.69, 9.17) is 0 Å². The van der Waals surface area contributed by atoms with Gasteiger partial charge >= 0.3 is 25.2 Å². The molecule has 0 spiro atoms. The van der Waals surface area contributed by atoms with Crippen LogP contribution in [0, 0.1) is 0 Å². The predicted octanol–water partition coefficient (Wildman–Crippen LogP) is 6.89. The molecular formula is C18H34ClCuP+. The molecule has 0 amide bonds. The third-order valence-corrected chi connectivity index (χ3v) is 10.8. The van der Waals surface area contributed by atoms with Crippen LogP contribution in [-0.4, -0.2) is 17.0 Å². The number of halogens is 1. The Kier molecular flexibility index (Phi) is 9.65. The average Bonchev–Trinajstić information content (AvgIpc) is 2.60. The quantitative estimate of drug-likeness (QED) is 0.370. The zero-order chi connectivity index (χ0) is 14.9. The summed E-state index contributed by atoms with van der Waals surface area (Å²) < 4.78 is 0. The maximum absolute atomic E-state index is 4.20. The minimum atomic E-state index is -0.0465. The van der Waals surface area contributed by atoms with Gasteiger partial charge in [-0.15, -0.1) is 0 Å². The van der Waals surface area contributed by atoms with Crippen molar-refractivity contribution in [3.05, 3.63) is 0 Å². The van der Waals surface area contributed by atoms with Gasteiger partial charge in [-0.2, -0.15) is 0 Å². The molecule has 3 heteroatoms. The molecule has 0 aromatic carbocycles. The topological polar surface area (TPSA) is 0 Å². The van der Waals surface area contributed by atoms with Crippen molar-refractivity contribution in [3.63, 3.8) is 0 Å². The fourth-order valence-electron chi connectivity index (χ4n) is 5.31. The monoisotopic (exact) mass is 379 g/mol. The summed E-state index contributed by atoms with van der Waals surface area (Å²) in [6, 6.07) is 0. The van der Waals surface area contributed by atoms with Gasteiger partial charge in [0, 0.05) is 7.92 Å². The van der Waals surface area contributed by atoms with Gasteiger partial charge in [0.15, 0.2) is 0 Å². The third kappa shape index (κ3) is 5.67. The molecule has 0 aromatic heterocycles. The SMILES string of the molecule is C1CCC([PH+](C2CCCCC2)C2CCCCC2)CC1.[Cl][Cu]. The summed E-state index contributed by atoms with van der Waals surface area (Å²) in [5.74, 6) is 0. The van der Waals surface area contributed by atoms with Gasteiger partial charge in [0.25, 0.3) is 0 Å². The summed E-state index contributed by atoms with van der Waals surface area (Å²) in [4.78, 5) is 0. The Morgan fingerprint density at radius 1 is 0.476 bits per heavy atom. The normalized spacial score (nSPS) is 26.5. The van der Waals surface area contributed by atoms with Gasteiger partial charge in [-0.1, -0.05) is 19.3 Å². The first-order valence-electron chi connectivity index (χ1n) is 9.43. The summed E-state index contributed by atoms with van der Waals surface area (Å²) in [6.45, 7) is 0. The van der Waals surface area contributed by atoms with Crippen LogP contribution in [0.25, 0.3) is 0 Å². The van der Waals surface area contributed by atoms with Crippen molar-refractivity contribution in [3.8, 4) is 0 Å². The molecule has 0 N–H and O–H groups in total. The van der Waals surface area contributed by atoms with Crippen LogP contribution >= 0.6 is 18.0 Å². The fraction of sp³-hybridized carbons (Fsp3) is 1.00. The molecule has 3 rings (SSSR count). The van der Waals surface area contributed by atoms with Crippen LogP contribution in [0.1, 0.15) is 96.3 Å².